The maximum absolute atomic E-state index is 11.8. The number of hydrogen-bond donors (Lipinski definition) is 2. The normalized spacial score (nSPS) is 20.3. The molecule has 0 saturated carbocycles. The molecule has 1 atom stereocenters. The van der Waals surface area contributed by atoms with Crippen LogP contribution < -0.4 is 16.0 Å². The van der Waals surface area contributed by atoms with Crippen LogP contribution in [0.1, 0.15) is 6.42 Å². The summed E-state index contributed by atoms with van der Waals surface area (Å²) in [5, 5.41) is 3.08. The monoisotopic (exact) mass is 283 g/mol. The minimum Gasteiger partial charge on any atom is -0.386 e. The Hall–Kier alpha value is -1.07. The highest BCUT2D eigenvalue weighted by atomic mass is 79.9. The molecular weight excluding hydrogens is 270 g/mol. The fourth-order valence-corrected chi connectivity index (χ4v) is 2.26. The number of nitrogens with one attached hydrogen (secondary N) is 1. The van der Waals surface area contributed by atoms with Crippen LogP contribution in [0.2, 0.25) is 0 Å². The predicted molar refractivity (Wildman–Crippen MR) is 68.6 cm³/mol. The summed E-state index contributed by atoms with van der Waals surface area (Å²) in [4.78, 5) is 13.5. The molecule has 1 unspecified atom stereocenters. The second-order valence-corrected chi connectivity index (χ2v) is 4.80. The van der Waals surface area contributed by atoms with Gasteiger partial charge < -0.3 is 16.0 Å². The molecule has 1 aromatic rings. The quantitative estimate of drug-likeness (QED) is 0.866. The molecule has 1 fully saturated rings. The van der Waals surface area contributed by atoms with E-state index in [9.17, 15) is 4.79 Å². The van der Waals surface area contributed by atoms with E-state index < -0.39 is 0 Å². The van der Waals surface area contributed by atoms with Crippen molar-refractivity contribution in [3.05, 3.63) is 22.7 Å². The number of anilines is 2. The molecule has 1 aromatic carbocycles. The zero-order valence-electron chi connectivity index (χ0n) is 9.03. The van der Waals surface area contributed by atoms with Gasteiger partial charge in [-0.2, -0.15) is 0 Å². The van der Waals surface area contributed by atoms with Crippen molar-refractivity contribution in [2.45, 2.75) is 12.5 Å². The van der Waals surface area contributed by atoms with E-state index >= 15 is 0 Å². The maximum atomic E-state index is 11.8. The van der Waals surface area contributed by atoms with Crippen LogP contribution in [0.4, 0.5) is 11.4 Å². The molecule has 1 aliphatic heterocycles. The first-order valence-electron chi connectivity index (χ1n) is 5.15. The first-order chi connectivity index (χ1) is 7.61. The van der Waals surface area contributed by atoms with E-state index in [0.29, 0.717) is 13.0 Å². The fourth-order valence-electron chi connectivity index (χ4n) is 1.91. The number of carbonyl (C=O) groups excluding carboxylic acids is 1. The third-order valence-electron chi connectivity index (χ3n) is 2.67. The van der Waals surface area contributed by atoms with Crippen LogP contribution in [0, 0.1) is 0 Å². The van der Waals surface area contributed by atoms with Gasteiger partial charge in [-0.25, -0.2) is 0 Å². The molecule has 0 aliphatic carbocycles. The van der Waals surface area contributed by atoms with Gasteiger partial charge in [0.1, 0.15) is 0 Å². The molecule has 0 spiro atoms. The number of halogens is 1. The Kier molecular flexibility index (Phi) is 3.16. The second-order valence-electron chi connectivity index (χ2n) is 3.88. The second kappa shape index (κ2) is 4.43. The molecule has 5 heteroatoms. The molecular formula is C11H14BrN3O. The van der Waals surface area contributed by atoms with Gasteiger partial charge >= 0.3 is 0 Å². The van der Waals surface area contributed by atoms with E-state index in [1.807, 2.05) is 25.2 Å². The van der Waals surface area contributed by atoms with Crippen LogP contribution in [0.15, 0.2) is 22.7 Å². The lowest BCUT2D eigenvalue weighted by atomic mass is 10.2. The van der Waals surface area contributed by atoms with E-state index in [2.05, 4.69) is 21.2 Å². The van der Waals surface area contributed by atoms with E-state index in [-0.39, 0.29) is 11.9 Å². The number of amides is 1. The summed E-state index contributed by atoms with van der Waals surface area (Å²) in [5.41, 5.74) is 7.61. The van der Waals surface area contributed by atoms with Crippen LogP contribution in [-0.4, -0.2) is 25.5 Å². The average Bonchev–Trinajstić information content (AvgIpc) is 2.57. The van der Waals surface area contributed by atoms with E-state index in [1.165, 1.54) is 0 Å². The summed E-state index contributed by atoms with van der Waals surface area (Å²) >= 11 is 3.41. The lowest BCUT2D eigenvalue weighted by Gasteiger charge is -2.20. The van der Waals surface area contributed by atoms with Crippen molar-refractivity contribution in [1.82, 2.24) is 0 Å². The van der Waals surface area contributed by atoms with Crippen molar-refractivity contribution in [1.29, 1.82) is 0 Å². The molecule has 1 saturated heterocycles. The molecule has 3 N–H and O–H groups in total. The summed E-state index contributed by atoms with van der Waals surface area (Å²) in [5.74, 6) is 0.0853. The highest BCUT2D eigenvalue weighted by Gasteiger charge is 2.29. The molecule has 0 bridgehead atoms. The van der Waals surface area contributed by atoms with Gasteiger partial charge in [-0.3, -0.25) is 4.79 Å². The molecule has 0 aromatic heterocycles. The largest absolute Gasteiger partial charge is 0.386 e. The minimum absolute atomic E-state index is 0.0591. The van der Waals surface area contributed by atoms with Crippen LogP contribution >= 0.6 is 15.9 Å². The van der Waals surface area contributed by atoms with Crippen LogP contribution in [0.5, 0.6) is 0 Å². The Balaban J connectivity index is 2.39. The summed E-state index contributed by atoms with van der Waals surface area (Å²) < 4.78 is 0.953. The molecule has 86 valence electrons. The van der Waals surface area contributed by atoms with Crippen LogP contribution in [-0.2, 0) is 4.79 Å². The molecule has 0 radical (unpaired) electrons. The Morgan fingerprint density at radius 1 is 1.56 bits per heavy atom. The van der Waals surface area contributed by atoms with Gasteiger partial charge in [0, 0.05) is 30.5 Å². The molecule has 2 rings (SSSR count). The zero-order chi connectivity index (χ0) is 11.7. The van der Waals surface area contributed by atoms with Crippen molar-refractivity contribution in [3.8, 4) is 0 Å². The van der Waals surface area contributed by atoms with Crippen LogP contribution in [0.25, 0.3) is 0 Å². The number of nitrogens with zero attached hydrogens (tertiary/aromatic N) is 1. The SMILES string of the molecule is CNc1ccc(Br)cc1N1CC(N)CC1=O. The lowest BCUT2D eigenvalue weighted by molar-refractivity contribution is -0.117. The van der Waals surface area contributed by atoms with Crippen molar-refractivity contribution < 1.29 is 4.79 Å². The molecule has 16 heavy (non-hydrogen) atoms. The summed E-state index contributed by atoms with van der Waals surface area (Å²) in [6.07, 6.45) is 0.426. The minimum atomic E-state index is -0.0591. The first kappa shape index (κ1) is 11.4. The predicted octanol–water partition coefficient (Wildman–Crippen LogP) is 1.55. The number of nitrogens with two attached hydrogens (primary N) is 1. The van der Waals surface area contributed by atoms with Crippen LogP contribution in [0.3, 0.4) is 0 Å². The van der Waals surface area contributed by atoms with Gasteiger partial charge in [0.05, 0.1) is 11.4 Å². The Morgan fingerprint density at radius 3 is 2.88 bits per heavy atom. The summed E-state index contributed by atoms with van der Waals surface area (Å²) in [6.45, 7) is 0.587. The van der Waals surface area contributed by atoms with E-state index in [4.69, 9.17) is 5.73 Å². The Bertz CT molecular complexity index is 422. The topological polar surface area (TPSA) is 58.4 Å². The molecule has 1 amide bonds. The fraction of sp³-hybridized carbons (Fsp3) is 0.364. The van der Waals surface area contributed by atoms with Gasteiger partial charge in [0.2, 0.25) is 5.91 Å². The molecule has 1 heterocycles. The highest BCUT2D eigenvalue weighted by Crippen LogP contribution is 2.31. The van der Waals surface area contributed by atoms with Crippen molar-refractivity contribution in [2.24, 2.45) is 5.73 Å². The number of rotatable bonds is 2. The third kappa shape index (κ3) is 2.05. The standard InChI is InChI=1S/C11H14BrN3O/c1-14-9-3-2-7(12)4-10(9)15-6-8(13)5-11(15)16/h2-4,8,14H,5-6,13H2,1H3. The number of carbonyl (C=O) groups is 1. The number of benzene rings is 1. The maximum Gasteiger partial charge on any atom is 0.228 e. The smallest absolute Gasteiger partial charge is 0.228 e. The highest BCUT2D eigenvalue weighted by molar-refractivity contribution is 9.10. The number of hydrogen-bond acceptors (Lipinski definition) is 3. The van der Waals surface area contributed by atoms with Gasteiger partial charge in [-0.15, -0.1) is 0 Å². The van der Waals surface area contributed by atoms with Gasteiger partial charge in [0.25, 0.3) is 0 Å². The summed E-state index contributed by atoms with van der Waals surface area (Å²) in [7, 11) is 1.84. The van der Waals surface area contributed by atoms with E-state index in [1.54, 1.807) is 4.90 Å². The van der Waals surface area contributed by atoms with Crippen molar-refractivity contribution in [3.63, 3.8) is 0 Å². The molecule has 1 aliphatic rings. The lowest BCUT2D eigenvalue weighted by Crippen LogP contribution is -2.28. The first-order valence-corrected chi connectivity index (χ1v) is 5.94. The van der Waals surface area contributed by atoms with Gasteiger partial charge in [-0.05, 0) is 18.2 Å². The Labute approximate surface area is 103 Å². The summed E-state index contributed by atoms with van der Waals surface area (Å²) in [6, 6.07) is 5.75. The van der Waals surface area contributed by atoms with Crippen molar-refractivity contribution in [2.75, 3.05) is 23.8 Å². The van der Waals surface area contributed by atoms with Gasteiger partial charge in [0.15, 0.2) is 0 Å². The molecule has 4 nitrogen and oxygen atoms in total. The third-order valence-corrected chi connectivity index (χ3v) is 3.17. The Morgan fingerprint density at radius 2 is 2.31 bits per heavy atom. The van der Waals surface area contributed by atoms with Gasteiger partial charge in [-0.1, -0.05) is 15.9 Å². The zero-order valence-corrected chi connectivity index (χ0v) is 10.6. The average molecular weight is 284 g/mol. The van der Waals surface area contributed by atoms with E-state index in [0.717, 1.165) is 15.8 Å². The van der Waals surface area contributed by atoms with Crippen molar-refractivity contribution >= 4 is 33.2 Å².